The topological polar surface area (TPSA) is 295 Å². The van der Waals surface area contributed by atoms with Gasteiger partial charge in [0.05, 0.1) is 23.8 Å². The summed E-state index contributed by atoms with van der Waals surface area (Å²) in [7, 11) is -3.09. The summed E-state index contributed by atoms with van der Waals surface area (Å²) in [4.78, 5) is 55.6. The number of aryl methyl sites for hydroxylation is 2. The Morgan fingerprint density at radius 1 is 1.23 bits per heavy atom. The summed E-state index contributed by atoms with van der Waals surface area (Å²) in [6, 6.07) is 5.63. The molecule has 25 heteroatoms. The maximum atomic E-state index is 13.2. The van der Waals surface area contributed by atoms with Gasteiger partial charge in [-0.25, -0.2) is 9.78 Å². The van der Waals surface area contributed by atoms with Crippen LogP contribution in [-0.4, -0.2) is 99.3 Å². The second-order valence-electron chi connectivity index (χ2n) is 11.4. The van der Waals surface area contributed by atoms with Crippen LogP contribution >= 0.6 is 11.3 Å². The molecule has 0 aliphatic carbocycles. The standard InChI is InChI=1S/C26H32N8O10S2.C2HF3O2/c1-26(2)21(23(36)34(26)44-46(39,40)41)30-22(35)20(18-14-45-25(28)29-18)31-43-19(24(37)38)13-42-17-7-5-15(6-8-17)16-11-32(3)33(12-16)10-4-9-27;3-2(4,5)1(6)7/h5-8,11-12,14,19,21H,4,9-10,13,27H2,1-3H3,(H4-,28,29,30,35,37,38,39,40,41);(H,6,7)/b31-20-;/t19-,21+;/m0./s1. The molecule has 1 saturated heterocycles. The van der Waals surface area contributed by atoms with Crippen LogP contribution in [0.5, 0.6) is 5.75 Å². The molecule has 20 nitrogen and oxygen atoms in total. The minimum Gasteiger partial charge on any atom is -0.542 e. The summed E-state index contributed by atoms with van der Waals surface area (Å²) in [5.74, 6) is -6.11. The molecule has 2 atom stereocenters. The summed E-state index contributed by atoms with van der Waals surface area (Å²) in [6.45, 7) is 3.59. The van der Waals surface area contributed by atoms with Crippen LogP contribution in [0.1, 0.15) is 26.0 Å². The number of halogens is 3. The number of aromatic nitrogens is 3. The Kier molecular flexibility index (Phi) is 13.5. The molecule has 1 aliphatic rings. The maximum Gasteiger partial charge on any atom is 0.430 e. The van der Waals surface area contributed by atoms with E-state index in [1.165, 1.54) is 19.2 Å². The van der Waals surface area contributed by atoms with Crippen molar-refractivity contribution in [3.8, 4) is 16.9 Å². The monoisotopic (exact) mass is 794 g/mol. The summed E-state index contributed by atoms with van der Waals surface area (Å²) in [5, 5.41) is 26.4. The first-order valence-electron chi connectivity index (χ1n) is 14.8. The number of carboxylic acid groups (broad SMARTS) is 2. The number of ether oxygens (including phenoxy) is 1. The molecule has 3 heterocycles. The zero-order valence-electron chi connectivity index (χ0n) is 27.8. The van der Waals surface area contributed by atoms with E-state index in [0.717, 1.165) is 35.4 Å². The van der Waals surface area contributed by atoms with E-state index in [2.05, 4.69) is 19.7 Å². The summed E-state index contributed by atoms with van der Waals surface area (Å²) in [5.41, 5.74) is 11.1. The number of carbonyl (C=O) groups excluding carboxylic acids is 3. The van der Waals surface area contributed by atoms with Crippen LogP contribution in [0.2, 0.25) is 0 Å². The van der Waals surface area contributed by atoms with Gasteiger partial charge in [0.1, 0.15) is 30.1 Å². The summed E-state index contributed by atoms with van der Waals surface area (Å²) < 4.78 is 76.5. The highest BCUT2D eigenvalue weighted by Crippen LogP contribution is 2.33. The molecule has 0 saturated carbocycles. The second-order valence-corrected chi connectivity index (χ2v) is 13.2. The Labute approximate surface area is 302 Å². The maximum absolute atomic E-state index is 13.2. The number of aliphatic carboxylic acids is 2. The van der Waals surface area contributed by atoms with E-state index in [1.54, 1.807) is 12.1 Å². The lowest BCUT2D eigenvalue weighted by atomic mass is 9.84. The van der Waals surface area contributed by atoms with Crippen LogP contribution in [0, 0.1) is 0 Å². The number of hydrogen-bond donors (Lipinski definition) is 5. The van der Waals surface area contributed by atoms with Crippen molar-refractivity contribution in [2.24, 2.45) is 17.9 Å². The number of carboxylic acids is 2. The molecule has 2 aromatic heterocycles. The predicted octanol–water partition coefficient (Wildman–Crippen LogP) is -1.24. The van der Waals surface area contributed by atoms with E-state index in [1.807, 2.05) is 40.9 Å². The normalized spacial score (nSPS) is 16.2. The van der Waals surface area contributed by atoms with Crippen LogP contribution in [-0.2, 0) is 52.3 Å². The van der Waals surface area contributed by atoms with Gasteiger partial charge in [0.15, 0.2) is 17.9 Å². The number of amides is 2. The molecule has 1 aliphatic heterocycles. The highest BCUT2D eigenvalue weighted by molar-refractivity contribution is 7.80. The van der Waals surface area contributed by atoms with Crippen LogP contribution < -0.4 is 31.3 Å². The van der Waals surface area contributed by atoms with Crippen molar-refractivity contribution in [2.75, 3.05) is 18.9 Å². The number of hydrogen-bond acceptors (Lipinski definition) is 15. The van der Waals surface area contributed by atoms with Crippen molar-refractivity contribution < 1.29 is 74.1 Å². The number of carbonyl (C=O) groups is 4. The van der Waals surface area contributed by atoms with Gasteiger partial charge in [0.2, 0.25) is 6.20 Å². The number of alkyl halides is 3. The van der Waals surface area contributed by atoms with Gasteiger partial charge >= 0.3 is 22.5 Å². The van der Waals surface area contributed by atoms with Crippen LogP contribution in [0.15, 0.2) is 47.2 Å². The molecular formula is C28H33F3N8O12S2. The molecule has 3 aromatic rings. The van der Waals surface area contributed by atoms with Crippen LogP contribution in [0.25, 0.3) is 11.1 Å². The first kappa shape index (κ1) is 42.0. The molecular weight excluding hydrogens is 761 g/mol. The average Bonchev–Trinajstić information content (AvgIpc) is 3.66. The van der Waals surface area contributed by atoms with E-state index in [9.17, 15) is 41.1 Å². The second kappa shape index (κ2) is 17.0. The molecule has 0 radical (unpaired) electrons. The van der Waals surface area contributed by atoms with Gasteiger partial charge in [0.25, 0.3) is 17.9 Å². The van der Waals surface area contributed by atoms with Gasteiger partial charge in [-0.2, -0.15) is 31.3 Å². The summed E-state index contributed by atoms with van der Waals surface area (Å²) >= 11 is 0.961. The Bertz CT molecular complexity index is 1950. The lowest BCUT2D eigenvalue weighted by Gasteiger charge is -2.50. The van der Waals surface area contributed by atoms with E-state index >= 15 is 0 Å². The number of rotatable bonds is 15. The molecule has 0 unspecified atom stereocenters. The number of hydroxylamine groups is 2. The highest BCUT2D eigenvalue weighted by atomic mass is 32.3. The van der Waals surface area contributed by atoms with Crippen molar-refractivity contribution in [3.63, 3.8) is 0 Å². The third-order valence-electron chi connectivity index (χ3n) is 7.08. The van der Waals surface area contributed by atoms with Gasteiger partial charge < -0.3 is 41.4 Å². The zero-order chi connectivity index (χ0) is 39.9. The van der Waals surface area contributed by atoms with E-state index in [-0.39, 0.29) is 10.8 Å². The van der Waals surface area contributed by atoms with Crippen molar-refractivity contribution >= 4 is 56.3 Å². The number of oxime groups is 1. The lowest BCUT2D eigenvalue weighted by molar-refractivity contribution is -0.753. The Morgan fingerprint density at radius 3 is 2.34 bits per heavy atom. The molecule has 2 amide bonds. The van der Waals surface area contributed by atoms with Gasteiger partial charge in [-0.3, -0.25) is 14.1 Å². The number of benzene rings is 1. The fourth-order valence-corrected chi connectivity index (χ4v) is 5.39. The molecule has 1 fully saturated rings. The molecule has 1 aromatic carbocycles. The molecule has 0 bridgehead atoms. The number of nitrogen functional groups attached to an aromatic ring is 1. The van der Waals surface area contributed by atoms with Crippen molar-refractivity contribution in [1.82, 2.24) is 20.0 Å². The highest BCUT2D eigenvalue weighted by Gasteiger charge is 2.58. The number of thiazole rings is 1. The SMILES string of the molecule is C[n+]1cc(-c2ccc(OC[C@H](O/N=C(\C(=O)N[C@@H]3C(=O)N(OS(=O)(=O)O)C3(C)C)c3csc(N)n3)C(=O)O)cc2)cn1CCCN.O=C([O-])C(F)(F)F. The Balaban J connectivity index is 0.000000980. The number of nitrogens with one attached hydrogen (secondary N) is 1. The van der Waals surface area contributed by atoms with E-state index < -0.39 is 70.3 Å². The third kappa shape index (κ3) is 11.3. The van der Waals surface area contributed by atoms with Crippen molar-refractivity contribution in [2.45, 2.75) is 50.7 Å². The molecule has 0 spiro atoms. The number of β-lactam (4-membered cyclic amide) rings is 1. The van der Waals surface area contributed by atoms with Gasteiger partial charge in [0, 0.05) is 5.38 Å². The predicted molar refractivity (Wildman–Crippen MR) is 172 cm³/mol. The van der Waals surface area contributed by atoms with Crippen LogP contribution in [0.4, 0.5) is 18.3 Å². The zero-order valence-corrected chi connectivity index (χ0v) is 29.5. The Hall–Kier alpha value is -5.37. The minimum atomic E-state index is -5.19. The lowest BCUT2D eigenvalue weighted by Crippen LogP contribution is -2.76. The number of nitrogens with two attached hydrogens (primary N) is 2. The smallest absolute Gasteiger partial charge is 0.430 e. The largest absolute Gasteiger partial charge is 0.542 e. The van der Waals surface area contributed by atoms with Gasteiger partial charge in [-0.05, 0) is 44.5 Å². The first-order valence-corrected chi connectivity index (χ1v) is 17.1. The van der Waals surface area contributed by atoms with Crippen molar-refractivity contribution in [1.29, 1.82) is 0 Å². The molecule has 290 valence electrons. The van der Waals surface area contributed by atoms with Crippen molar-refractivity contribution in [3.05, 3.63) is 47.7 Å². The number of anilines is 1. The van der Waals surface area contributed by atoms with E-state index in [4.69, 9.17) is 35.5 Å². The van der Waals surface area contributed by atoms with Crippen LogP contribution in [0.3, 0.4) is 0 Å². The fourth-order valence-electron chi connectivity index (χ4n) is 4.38. The fraction of sp³-hybridized carbons (Fsp3) is 0.393. The molecule has 4 rings (SSSR count). The quantitative estimate of drug-likeness (QED) is 0.0395. The molecule has 53 heavy (non-hydrogen) atoms. The minimum absolute atomic E-state index is 0.0609. The Morgan fingerprint density at radius 2 is 1.85 bits per heavy atom. The summed E-state index contributed by atoms with van der Waals surface area (Å²) in [6.07, 6.45) is -2.07. The van der Waals surface area contributed by atoms with Gasteiger partial charge in [-0.15, -0.1) is 20.3 Å². The van der Waals surface area contributed by atoms with Gasteiger partial charge in [-0.1, -0.05) is 17.3 Å². The third-order valence-corrected chi connectivity index (χ3v) is 8.09. The van der Waals surface area contributed by atoms with E-state index in [0.29, 0.717) is 17.4 Å². The molecule has 7 N–H and O–H groups in total. The average molecular weight is 795 g/mol. The first-order chi connectivity index (χ1) is 24.5. The number of nitrogens with zero attached hydrogens (tertiary/aromatic N) is 5.